The van der Waals surface area contributed by atoms with E-state index >= 15 is 0 Å². The van der Waals surface area contributed by atoms with Gasteiger partial charge in [-0.1, -0.05) is 6.58 Å². The van der Waals surface area contributed by atoms with E-state index in [1.807, 2.05) is 20.8 Å². The van der Waals surface area contributed by atoms with Crippen LogP contribution in [0, 0.1) is 0 Å². The van der Waals surface area contributed by atoms with Crippen LogP contribution in [-0.4, -0.2) is 35.0 Å². The van der Waals surface area contributed by atoms with Crippen LogP contribution in [0.1, 0.15) is 40.5 Å². The van der Waals surface area contributed by atoms with Crippen LogP contribution >= 0.6 is 0 Å². The van der Waals surface area contributed by atoms with Gasteiger partial charge in [-0.2, -0.15) is 0 Å². The summed E-state index contributed by atoms with van der Waals surface area (Å²) in [6, 6.07) is -0.446. The van der Waals surface area contributed by atoms with Gasteiger partial charge < -0.3 is 9.64 Å². The molecule has 96 valence electrons. The zero-order chi connectivity index (χ0) is 13.2. The molecule has 0 aromatic carbocycles. The molecule has 4 nitrogen and oxygen atoms in total. The van der Waals surface area contributed by atoms with E-state index in [9.17, 15) is 9.59 Å². The van der Waals surface area contributed by atoms with E-state index in [1.165, 1.54) is 0 Å². The fourth-order valence-corrected chi connectivity index (χ4v) is 1.87. The topological polar surface area (TPSA) is 46.6 Å². The number of amides is 1. The lowest BCUT2D eigenvalue weighted by Gasteiger charge is -2.27. The Morgan fingerprint density at radius 1 is 1.35 bits per heavy atom. The van der Waals surface area contributed by atoms with Crippen molar-refractivity contribution >= 4 is 11.9 Å². The summed E-state index contributed by atoms with van der Waals surface area (Å²) in [7, 11) is 0. The van der Waals surface area contributed by atoms with Crippen LogP contribution in [0.5, 0.6) is 0 Å². The minimum atomic E-state index is -0.516. The molecule has 0 N–H and O–H groups in total. The van der Waals surface area contributed by atoms with Gasteiger partial charge in [0.25, 0.3) is 0 Å². The number of ether oxygens (including phenoxy) is 1. The third-order valence-corrected chi connectivity index (χ3v) is 2.56. The number of likely N-dealkylation sites (tertiary alicyclic amines) is 1. The van der Waals surface area contributed by atoms with Crippen LogP contribution in [-0.2, 0) is 14.3 Å². The van der Waals surface area contributed by atoms with Crippen molar-refractivity contribution in [1.29, 1.82) is 0 Å². The number of nitrogens with zero attached hydrogens (tertiary/aromatic N) is 1. The van der Waals surface area contributed by atoms with Crippen molar-refractivity contribution < 1.29 is 14.3 Å². The van der Waals surface area contributed by atoms with Crippen molar-refractivity contribution in [1.82, 2.24) is 4.90 Å². The maximum absolute atomic E-state index is 12.0. The molecule has 4 heteroatoms. The summed E-state index contributed by atoms with van der Waals surface area (Å²) in [6.45, 7) is 11.4. The molecule has 0 unspecified atom stereocenters. The van der Waals surface area contributed by atoms with Gasteiger partial charge in [0.1, 0.15) is 11.6 Å². The van der Waals surface area contributed by atoms with Crippen LogP contribution in [0.25, 0.3) is 0 Å². The first-order chi connectivity index (χ1) is 7.72. The van der Waals surface area contributed by atoms with Gasteiger partial charge in [-0.25, -0.2) is 4.79 Å². The van der Waals surface area contributed by atoms with Crippen molar-refractivity contribution in [3.05, 3.63) is 12.2 Å². The molecule has 0 saturated carbocycles. The third kappa shape index (κ3) is 3.58. The Labute approximate surface area is 103 Å². The standard InChI is InChI=1S/C13H21NO3/c1-9(2)11(15)14-8-6-7-10(14)12(16)17-13(3,4)5/h10H,1,6-8H2,2-5H3/t10-/m0/s1. The van der Waals surface area contributed by atoms with Crippen molar-refractivity contribution in [2.75, 3.05) is 6.54 Å². The predicted molar refractivity (Wildman–Crippen MR) is 65.4 cm³/mol. The molecule has 1 heterocycles. The molecule has 1 atom stereocenters. The Morgan fingerprint density at radius 2 is 1.94 bits per heavy atom. The molecule has 1 aliphatic rings. The maximum Gasteiger partial charge on any atom is 0.329 e. The Balaban J connectivity index is 2.73. The predicted octanol–water partition coefficient (Wildman–Crippen LogP) is 1.90. The van der Waals surface area contributed by atoms with E-state index in [0.29, 0.717) is 18.5 Å². The zero-order valence-electron chi connectivity index (χ0n) is 11.1. The number of hydrogen-bond acceptors (Lipinski definition) is 3. The number of esters is 1. The highest BCUT2D eigenvalue weighted by molar-refractivity contribution is 5.95. The smallest absolute Gasteiger partial charge is 0.329 e. The quantitative estimate of drug-likeness (QED) is 0.546. The molecule has 0 aromatic rings. The molecule has 0 aliphatic carbocycles. The zero-order valence-corrected chi connectivity index (χ0v) is 11.1. The summed E-state index contributed by atoms with van der Waals surface area (Å²) in [5.74, 6) is -0.469. The van der Waals surface area contributed by atoms with E-state index in [4.69, 9.17) is 4.74 Å². The van der Waals surface area contributed by atoms with Gasteiger partial charge in [0.2, 0.25) is 5.91 Å². The first-order valence-electron chi connectivity index (χ1n) is 5.92. The van der Waals surface area contributed by atoms with Gasteiger partial charge in [0, 0.05) is 12.1 Å². The van der Waals surface area contributed by atoms with Gasteiger partial charge in [-0.3, -0.25) is 4.79 Å². The second kappa shape index (κ2) is 4.90. The Hall–Kier alpha value is -1.32. The van der Waals surface area contributed by atoms with Gasteiger partial charge >= 0.3 is 5.97 Å². The number of rotatable bonds is 2. The van der Waals surface area contributed by atoms with E-state index in [2.05, 4.69) is 6.58 Å². The summed E-state index contributed by atoms with van der Waals surface area (Å²) in [4.78, 5) is 25.4. The van der Waals surface area contributed by atoms with Gasteiger partial charge in [0.15, 0.2) is 0 Å². The lowest BCUT2D eigenvalue weighted by molar-refractivity contribution is -0.162. The van der Waals surface area contributed by atoms with Gasteiger partial charge in [-0.05, 0) is 40.5 Å². The molecular weight excluding hydrogens is 218 g/mol. The fourth-order valence-electron chi connectivity index (χ4n) is 1.87. The monoisotopic (exact) mass is 239 g/mol. The second-order valence-electron chi connectivity index (χ2n) is 5.47. The third-order valence-electron chi connectivity index (χ3n) is 2.56. The van der Waals surface area contributed by atoms with Crippen molar-refractivity contribution in [3.8, 4) is 0 Å². The van der Waals surface area contributed by atoms with Crippen molar-refractivity contribution in [3.63, 3.8) is 0 Å². The van der Waals surface area contributed by atoms with E-state index in [0.717, 1.165) is 6.42 Å². The van der Waals surface area contributed by atoms with E-state index in [1.54, 1.807) is 11.8 Å². The fraction of sp³-hybridized carbons (Fsp3) is 0.692. The van der Waals surface area contributed by atoms with Crippen LogP contribution in [0.3, 0.4) is 0 Å². The molecule has 1 amide bonds. The van der Waals surface area contributed by atoms with E-state index in [-0.39, 0.29) is 11.9 Å². The lowest BCUT2D eigenvalue weighted by atomic mass is 10.1. The van der Waals surface area contributed by atoms with Crippen molar-refractivity contribution in [2.45, 2.75) is 52.2 Å². The summed E-state index contributed by atoms with van der Waals surface area (Å²) < 4.78 is 5.32. The lowest BCUT2D eigenvalue weighted by Crippen LogP contribution is -2.43. The highest BCUT2D eigenvalue weighted by atomic mass is 16.6. The average molecular weight is 239 g/mol. The second-order valence-corrected chi connectivity index (χ2v) is 5.47. The molecule has 0 aromatic heterocycles. The summed E-state index contributed by atoms with van der Waals surface area (Å²) in [5.41, 5.74) is -0.0575. The highest BCUT2D eigenvalue weighted by Gasteiger charge is 2.36. The largest absolute Gasteiger partial charge is 0.458 e. The molecule has 0 radical (unpaired) electrons. The summed E-state index contributed by atoms with van der Waals surface area (Å²) in [5, 5.41) is 0. The first-order valence-corrected chi connectivity index (χ1v) is 5.92. The molecule has 0 spiro atoms. The molecule has 1 rings (SSSR count). The normalized spacial score (nSPS) is 20.2. The van der Waals surface area contributed by atoms with Crippen LogP contribution in [0.4, 0.5) is 0 Å². The van der Waals surface area contributed by atoms with Crippen molar-refractivity contribution in [2.24, 2.45) is 0 Å². The van der Waals surface area contributed by atoms with Gasteiger partial charge in [-0.15, -0.1) is 0 Å². The molecule has 0 bridgehead atoms. The van der Waals surface area contributed by atoms with Crippen LogP contribution in [0.15, 0.2) is 12.2 Å². The molecule has 17 heavy (non-hydrogen) atoms. The summed E-state index contributed by atoms with van der Waals surface area (Å²) >= 11 is 0. The molecule has 1 aliphatic heterocycles. The van der Waals surface area contributed by atoms with E-state index < -0.39 is 11.6 Å². The Kier molecular flexibility index (Phi) is 3.96. The SMILES string of the molecule is C=C(C)C(=O)N1CCC[C@H]1C(=O)OC(C)(C)C. The minimum absolute atomic E-state index is 0.154. The molecule has 1 saturated heterocycles. The van der Waals surface area contributed by atoms with Gasteiger partial charge in [0.05, 0.1) is 0 Å². The summed E-state index contributed by atoms with van der Waals surface area (Å²) in [6.07, 6.45) is 1.51. The Morgan fingerprint density at radius 3 is 2.41 bits per heavy atom. The Bertz CT molecular complexity index is 341. The van der Waals surface area contributed by atoms with Crippen LogP contribution in [0.2, 0.25) is 0 Å². The first kappa shape index (κ1) is 13.7. The minimum Gasteiger partial charge on any atom is -0.458 e. The number of carbonyl (C=O) groups is 2. The highest BCUT2D eigenvalue weighted by Crippen LogP contribution is 2.22. The number of hydrogen-bond donors (Lipinski definition) is 0. The molecular formula is C13H21NO3. The average Bonchev–Trinajstić information content (AvgIpc) is 2.61. The number of carbonyl (C=O) groups excluding carboxylic acids is 2. The molecule has 1 fully saturated rings. The maximum atomic E-state index is 12.0. The van der Waals surface area contributed by atoms with Crippen LogP contribution < -0.4 is 0 Å².